The normalized spacial score (nSPS) is 13.0. The average Bonchev–Trinajstić information content (AvgIpc) is 2.48. The van der Waals surface area contributed by atoms with Crippen molar-refractivity contribution in [3.05, 3.63) is 59.9 Å². The Morgan fingerprint density at radius 3 is 2.62 bits per heavy atom. The topological polar surface area (TPSA) is 42.4 Å². The lowest BCUT2D eigenvalue weighted by Crippen LogP contribution is -2.15. The van der Waals surface area contributed by atoms with Crippen LogP contribution in [0, 0.1) is 0 Å². The number of nitrogens with zero attached hydrogens (tertiary/aromatic N) is 1. The lowest BCUT2D eigenvalue weighted by Gasteiger charge is -2.17. The van der Waals surface area contributed by atoms with Gasteiger partial charge in [0, 0.05) is 12.1 Å². The van der Waals surface area contributed by atoms with Gasteiger partial charge in [-0.15, -0.1) is 0 Å². The van der Waals surface area contributed by atoms with E-state index in [-0.39, 0.29) is 13.2 Å². The van der Waals surface area contributed by atoms with Gasteiger partial charge in [-0.2, -0.15) is 13.2 Å². The van der Waals surface area contributed by atoms with Crippen LogP contribution < -0.4 is 4.74 Å². The number of rotatable bonds is 5. The highest BCUT2D eigenvalue weighted by molar-refractivity contribution is 5.28. The Balaban J connectivity index is 2.10. The largest absolute Gasteiger partial charge is 0.491 e. The van der Waals surface area contributed by atoms with Crippen molar-refractivity contribution < 1.29 is 23.0 Å². The Hall–Kier alpha value is -2.08. The number of halogens is 3. The van der Waals surface area contributed by atoms with Crippen molar-refractivity contribution in [2.45, 2.75) is 12.1 Å². The number of aliphatic hydroxyl groups is 1. The second-order valence-corrected chi connectivity index (χ2v) is 4.50. The van der Waals surface area contributed by atoms with E-state index >= 15 is 0 Å². The van der Waals surface area contributed by atoms with Crippen molar-refractivity contribution in [2.75, 3.05) is 13.2 Å². The lowest BCUT2D eigenvalue weighted by atomic mass is 9.98. The Bertz CT molecular complexity index is 573. The molecule has 1 atom stereocenters. The fraction of sp³-hybridized carbons (Fsp3) is 0.267. The van der Waals surface area contributed by atoms with Crippen LogP contribution in [0.2, 0.25) is 0 Å². The summed E-state index contributed by atoms with van der Waals surface area (Å²) in [7, 11) is 0. The molecule has 0 aliphatic rings. The molecule has 0 aliphatic carbocycles. The summed E-state index contributed by atoms with van der Waals surface area (Å²) in [6.45, 7) is -0.231. The monoisotopic (exact) mass is 297 g/mol. The van der Waals surface area contributed by atoms with E-state index in [9.17, 15) is 18.3 Å². The Kier molecular flexibility index (Phi) is 4.80. The van der Waals surface area contributed by atoms with Crippen molar-refractivity contribution >= 4 is 0 Å². The molecule has 6 heteroatoms. The van der Waals surface area contributed by atoms with Crippen molar-refractivity contribution in [3.8, 4) is 5.75 Å². The van der Waals surface area contributed by atoms with Gasteiger partial charge in [-0.3, -0.25) is 4.98 Å². The molecule has 0 amide bonds. The summed E-state index contributed by atoms with van der Waals surface area (Å²) in [4.78, 5) is 3.87. The third kappa shape index (κ3) is 4.19. The standard InChI is InChI=1S/C15H14F3NO2/c16-15(17,18)13-4-1-3-11(7-13)12(9-20)10-21-14-5-2-6-19-8-14/h1-8,12,20H,9-10H2. The molecule has 0 radical (unpaired) electrons. The van der Waals surface area contributed by atoms with Crippen LogP contribution in [-0.2, 0) is 6.18 Å². The van der Waals surface area contributed by atoms with Gasteiger partial charge in [-0.25, -0.2) is 0 Å². The predicted octanol–water partition coefficient (Wildman–Crippen LogP) is 3.26. The molecule has 1 N–H and O–H groups in total. The molecule has 0 saturated heterocycles. The van der Waals surface area contributed by atoms with Gasteiger partial charge in [-0.1, -0.05) is 18.2 Å². The smallest absolute Gasteiger partial charge is 0.416 e. The predicted molar refractivity (Wildman–Crippen MR) is 71.0 cm³/mol. The number of aliphatic hydroxyl groups excluding tert-OH is 1. The SMILES string of the molecule is OCC(COc1cccnc1)c1cccc(C(F)(F)F)c1. The molecule has 1 aromatic carbocycles. The molecule has 2 aromatic rings. The number of ether oxygens (including phenoxy) is 1. The highest BCUT2D eigenvalue weighted by Crippen LogP contribution is 2.31. The molecule has 0 spiro atoms. The van der Waals surface area contributed by atoms with E-state index in [0.717, 1.165) is 12.1 Å². The quantitative estimate of drug-likeness (QED) is 0.921. The van der Waals surface area contributed by atoms with Gasteiger partial charge in [0.15, 0.2) is 0 Å². The third-order valence-corrected chi connectivity index (χ3v) is 2.99. The number of benzene rings is 1. The van der Waals surface area contributed by atoms with Crippen LogP contribution >= 0.6 is 0 Å². The molecule has 0 saturated carbocycles. The molecule has 2 rings (SSSR count). The molecular weight excluding hydrogens is 283 g/mol. The first-order valence-corrected chi connectivity index (χ1v) is 6.31. The first kappa shape index (κ1) is 15.3. The van der Waals surface area contributed by atoms with Gasteiger partial charge in [-0.05, 0) is 23.8 Å². The fourth-order valence-electron chi connectivity index (χ4n) is 1.85. The fourth-order valence-corrected chi connectivity index (χ4v) is 1.85. The lowest BCUT2D eigenvalue weighted by molar-refractivity contribution is -0.137. The van der Waals surface area contributed by atoms with Crippen molar-refractivity contribution in [2.24, 2.45) is 0 Å². The summed E-state index contributed by atoms with van der Waals surface area (Å²) in [5, 5.41) is 9.37. The zero-order valence-electron chi connectivity index (χ0n) is 11.0. The van der Waals surface area contributed by atoms with Gasteiger partial charge in [0.1, 0.15) is 5.75 Å². The van der Waals surface area contributed by atoms with Crippen LogP contribution in [0.5, 0.6) is 5.75 Å². The summed E-state index contributed by atoms with van der Waals surface area (Å²) in [5.41, 5.74) is -0.351. The van der Waals surface area contributed by atoms with Gasteiger partial charge in [0.05, 0.1) is 25.0 Å². The molecule has 0 bridgehead atoms. The van der Waals surface area contributed by atoms with Crippen LogP contribution in [0.25, 0.3) is 0 Å². The third-order valence-electron chi connectivity index (χ3n) is 2.99. The summed E-state index contributed by atoms with van der Waals surface area (Å²) >= 11 is 0. The molecule has 0 aliphatic heterocycles. The van der Waals surface area contributed by atoms with E-state index in [1.165, 1.54) is 12.3 Å². The molecule has 21 heavy (non-hydrogen) atoms. The maximum absolute atomic E-state index is 12.7. The first-order chi connectivity index (χ1) is 10.0. The zero-order chi connectivity index (χ0) is 15.3. The van der Waals surface area contributed by atoms with Crippen LogP contribution in [0.1, 0.15) is 17.0 Å². The van der Waals surface area contributed by atoms with Gasteiger partial charge in [0.2, 0.25) is 0 Å². The van der Waals surface area contributed by atoms with E-state index in [1.54, 1.807) is 24.4 Å². The van der Waals surface area contributed by atoms with E-state index in [1.807, 2.05) is 0 Å². The zero-order valence-corrected chi connectivity index (χ0v) is 11.0. The van der Waals surface area contributed by atoms with Crippen molar-refractivity contribution in [3.63, 3.8) is 0 Å². The second kappa shape index (κ2) is 6.58. The first-order valence-electron chi connectivity index (χ1n) is 6.31. The number of hydrogen-bond acceptors (Lipinski definition) is 3. The molecule has 1 heterocycles. The van der Waals surface area contributed by atoms with Crippen LogP contribution in [-0.4, -0.2) is 23.3 Å². The molecule has 0 fully saturated rings. The van der Waals surface area contributed by atoms with Gasteiger partial charge < -0.3 is 9.84 Å². The van der Waals surface area contributed by atoms with Crippen LogP contribution in [0.15, 0.2) is 48.8 Å². The highest BCUT2D eigenvalue weighted by atomic mass is 19.4. The minimum atomic E-state index is -4.40. The van der Waals surface area contributed by atoms with E-state index in [4.69, 9.17) is 4.74 Å². The van der Waals surface area contributed by atoms with E-state index in [0.29, 0.717) is 11.3 Å². The summed E-state index contributed by atoms with van der Waals surface area (Å²) in [5.74, 6) is -0.0320. The summed E-state index contributed by atoms with van der Waals surface area (Å²) in [6.07, 6.45) is -1.32. The summed E-state index contributed by atoms with van der Waals surface area (Å²) in [6, 6.07) is 8.28. The Morgan fingerprint density at radius 2 is 2.00 bits per heavy atom. The minimum absolute atomic E-state index is 0.0729. The number of pyridine rings is 1. The maximum Gasteiger partial charge on any atom is 0.416 e. The molecule has 3 nitrogen and oxygen atoms in total. The number of hydrogen-bond donors (Lipinski definition) is 1. The molecule has 1 unspecified atom stereocenters. The van der Waals surface area contributed by atoms with Crippen molar-refractivity contribution in [1.29, 1.82) is 0 Å². The average molecular weight is 297 g/mol. The Morgan fingerprint density at radius 1 is 1.19 bits per heavy atom. The second-order valence-electron chi connectivity index (χ2n) is 4.50. The molecule has 1 aromatic heterocycles. The van der Waals surface area contributed by atoms with Gasteiger partial charge in [0.25, 0.3) is 0 Å². The van der Waals surface area contributed by atoms with E-state index < -0.39 is 17.7 Å². The molecular formula is C15H14F3NO2. The van der Waals surface area contributed by atoms with Crippen LogP contribution in [0.4, 0.5) is 13.2 Å². The summed E-state index contributed by atoms with van der Waals surface area (Å²) < 4.78 is 43.5. The molecule has 112 valence electrons. The Labute approximate surface area is 120 Å². The number of alkyl halides is 3. The van der Waals surface area contributed by atoms with Gasteiger partial charge >= 0.3 is 6.18 Å². The minimum Gasteiger partial charge on any atom is -0.491 e. The van der Waals surface area contributed by atoms with Crippen molar-refractivity contribution in [1.82, 2.24) is 4.98 Å². The van der Waals surface area contributed by atoms with E-state index in [2.05, 4.69) is 4.98 Å². The highest BCUT2D eigenvalue weighted by Gasteiger charge is 2.31. The maximum atomic E-state index is 12.7. The number of aromatic nitrogens is 1. The van der Waals surface area contributed by atoms with Crippen LogP contribution in [0.3, 0.4) is 0 Å².